The second-order valence-corrected chi connectivity index (χ2v) is 12.3. The van der Waals surface area contributed by atoms with E-state index < -0.39 is 0 Å². The molecule has 0 N–H and O–H groups in total. The molecule has 7 heteroatoms. The van der Waals surface area contributed by atoms with Crippen LogP contribution < -0.4 is 4.74 Å². The van der Waals surface area contributed by atoms with Crippen molar-refractivity contribution in [1.29, 1.82) is 0 Å². The Hall–Kier alpha value is -5.82. The quantitative estimate of drug-likeness (QED) is 0.190. The molecular weight excluding hydrogens is 568 g/mol. The first kappa shape index (κ1) is 26.6. The maximum atomic E-state index is 6.58. The molecule has 0 saturated heterocycles. The van der Waals surface area contributed by atoms with Gasteiger partial charge in [-0.25, -0.2) is 9.97 Å². The van der Waals surface area contributed by atoms with Gasteiger partial charge in [-0.1, -0.05) is 17.7 Å². The van der Waals surface area contributed by atoms with Gasteiger partial charge < -0.3 is 4.74 Å². The third-order valence-corrected chi connectivity index (χ3v) is 9.27. The van der Waals surface area contributed by atoms with E-state index in [4.69, 9.17) is 24.7 Å². The number of nitrogens with zero attached hydrogens (tertiary/aromatic N) is 6. The van der Waals surface area contributed by atoms with Gasteiger partial charge in [-0.3, -0.25) is 18.8 Å². The molecule has 0 aliphatic rings. The van der Waals surface area contributed by atoms with E-state index in [1.807, 2.05) is 43.6 Å². The molecule has 0 saturated carbocycles. The molecule has 0 spiro atoms. The van der Waals surface area contributed by atoms with Crippen molar-refractivity contribution >= 4 is 54.9 Å². The average molecular weight is 599 g/mol. The highest BCUT2D eigenvalue weighted by Crippen LogP contribution is 2.37. The normalized spacial score (nSPS) is 12.0. The Morgan fingerprint density at radius 1 is 0.609 bits per heavy atom. The van der Waals surface area contributed by atoms with Crippen LogP contribution in [-0.2, 0) is 0 Å². The number of ether oxygens (including phenoxy) is 1. The number of aromatic nitrogens is 6. The summed E-state index contributed by atoms with van der Waals surface area (Å²) in [4.78, 5) is 19.7. The van der Waals surface area contributed by atoms with E-state index in [1.165, 1.54) is 22.3 Å². The molecule has 46 heavy (non-hydrogen) atoms. The van der Waals surface area contributed by atoms with Crippen LogP contribution in [0.3, 0.4) is 0 Å². The molecule has 0 aliphatic heterocycles. The second-order valence-electron chi connectivity index (χ2n) is 12.3. The number of pyridine rings is 4. The van der Waals surface area contributed by atoms with E-state index in [0.29, 0.717) is 0 Å². The van der Waals surface area contributed by atoms with Crippen molar-refractivity contribution < 1.29 is 4.74 Å². The molecule has 6 heterocycles. The molecule has 9 aromatic rings. The Labute approximate surface area is 264 Å². The fourth-order valence-corrected chi connectivity index (χ4v) is 7.22. The number of imidazole rings is 2. The first-order valence-corrected chi connectivity index (χ1v) is 15.5. The SMILES string of the molecule is Cc1cc(C)c(-c2cn3c4cccnc4c4ccc(Oc5ccc6c(c5)c5nc(C)c(C)n5c5cccnc65)cc4c3n2)c(C)c1. The van der Waals surface area contributed by atoms with Crippen molar-refractivity contribution in [3.8, 4) is 22.8 Å². The van der Waals surface area contributed by atoms with Crippen molar-refractivity contribution in [2.75, 3.05) is 0 Å². The Morgan fingerprint density at radius 2 is 1.22 bits per heavy atom. The minimum atomic E-state index is 0.724. The van der Waals surface area contributed by atoms with Crippen LogP contribution in [0.5, 0.6) is 11.5 Å². The van der Waals surface area contributed by atoms with Crippen molar-refractivity contribution in [2.45, 2.75) is 34.6 Å². The number of fused-ring (bicyclic) bond motifs is 12. The summed E-state index contributed by atoms with van der Waals surface area (Å²) in [5.74, 6) is 1.45. The minimum Gasteiger partial charge on any atom is -0.457 e. The first-order chi connectivity index (χ1) is 22.4. The lowest BCUT2D eigenvalue weighted by atomic mass is 9.98. The lowest BCUT2D eigenvalue weighted by molar-refractivity contribution is 0.484. The average Bonchev–Trinajstić information content (AvgIpc) is 3.62. The van der Waals surface area contributed by atoms with Gasteiger partial charge in [0.1, 0.15) is 22.8 Å². The van der Waals surface area contributed by atoms with Gasteiger partial charge >= 0.3 is 0 Å². The zero-order valence-corrected chi connectivity index (χ0v) is 26.3. The van der Waals surface area contributed by atoms with Gasteiger partial charge in [0.2, 0.25) is 0 Å². The van der Waals surface area contributed by atoms with E-state index in [9.17, 15) is 0 Å². The summed E-state index contributed by atoms with van der Waals surface area (Å²) >= 11 is 0. The molecule has 0 atom stereocenters. The van der Waals surface area contributed by atoms with E-state index >= 15 is 0 Å². The third-order valence-electron chi connectivity index (χ3n) is 9.27. The lowest BCUT2D eigenvalue weighted by Gasteiger charge is -2.12. The van der Waals surface area contributed by atoms with E-state index in [1.54, 1.807) is 0 Å². The van der Waals surface area contributed by atoms with Gasteiger partial charge in [0.25, 0.3) is 0 Å². The first-order valence-electron chi connectivity index (χ1n) is 15.5. The molecule has 3 aromatic carbocycles. The molecule has 0 aliphatic carbocycles. The van der Waals surface area contributed by atoms with Gasteiger partial charge in [-0.2, -0.15) is 0 Å². The highest BCUT2D eigenvalue weighted by molar-refractivity contribution is 6.12. The van der Waals surface area contributed by atoms with Crippen molar-refractivity contribution in [3.63, 3.8) is 0 Å². The van der Waals surface area contributed by atoms with Crippen LogP contribution in [0.2, 0.25) is 0 Å². The second kappa shape index (κ2) is 9.59. The fourth-order valence-electron chi connectivity index (χ4n) is 7.22. The Bertz CT molecular complexity index is 2710. The Morgan fingerprint density at radius 3 is 1.89 bits per heavy atom. The van der Waals surface area contributed by atoms with Crippen LogP contribution in [0, 0.1) is 34.6 Å². The molecule has 9 rings (SSSR count). The van der Waals surface area contributed by atoms with Crippen LogP contribution in [0.4, 0.5) is 0 Å². The van der Waals surface area contributed by atoms with Gasteiger partial charge in [0.05, 0.1) is 33.5 Å². The van der Waals surface area contributed by atoms with Crippen LogP contribution in [0.25, 0.3) is 66.2 Å². The predicted octanol–water partition coefficient (Wildman–Crippen LogP) is 9.39. The van der Waals surface area contributed by atoms with E-state index in [-0.39, 0.29) is 0 Å². The van der Waals surface area contributed by atoms with Crippen LogP contribution in [-0.4, -0.2) is 28.7 Å². The number of hydrogen-bond acceptors (Lipinski definition) is 5. The maximum absolute atomic E-state index is 6.58. The zero-order chi connectivity index (χ0) is 31.3. The monoisotopic (exact) mass is 598 g/mol. The van der Waals surface area contributed by atoms with E-state index in [2.05, 4.69) is 91.2 Å². The molecule has 0 amide bonds. The number of hydrogen-bond donors (Lipinski definition) is 0. The Balaban J connectivity index is 1.23. The summed E-state index contributed by atoms with van der Waals surface area (Å²) in [7, 11) is 0. The van der Waals surface area contributed by atoms with Crippen molar-refractivity contribution in [1.82, 2.24) is 28.7 Å². The molecule has 222 valence electrons. The number of aryl methyl sites for hydroxylation is 5. The third kappa shape index (κ3) is 3.78. The minimum absolute atomic E-state index is 0.724. The Kier molecular flexibility index (Phi) is 5.54. The largest absolute Gasteiger partial charge is 0.457 e. The van der Waals surface area contributed by atoms with Crippen LogP contribution >= 0.6 is 0 Å². The van der Waals surface area contributed by atoms with E-state index in [0.717, 1.165) is 83.5 Å². The van der Waals surface area contributed by atoms with Crippen LogP contribution in [0.1, 0.15) is 28.1 Å². The lowest BCUT2D eigenvalue weighted by Crippen LogP contribution is -1.95. The fraction of sp³-hybridized carbons (Fsp3) is 0.128. The topological polar surface area (TPSA) is 69.6 Å². The van der Waals surface area contributed by atoms with Crippen molar-refractivity contribution in [2.24, 2.45) is 0 Å². The molecule has 0 radical (unpaired) electrons. The summed E-state index contributed by atoms with van der Waals surface area (Å²) in [5.41, 5.74) is 13.6. The summed E-state index contributed by atoms with van der Waals surface area (Å²) in [6, 6.07) is 24.9. The molecule has 0 unspecified atom stereocenters. The summed E-state index contributed by atoms with van der Waals surface area (Å²) in [6.07, 6.45) is 5.82. The van der Waals surface area contributed by atoms with Gasteiger partial charge in [-0.05, 0) is 106 Å². The maximum Gasteiger partial charge on any atom is 0.146 e. The number of benzene rings is 3. The number of rotatable bonds is 3. The zero-order valence-electron chi connectivity index (χ0n) is 26.3. The van der Waals surface area contributed by atoms with Crippen molar-refractivity contribution in [3.05, 3.63) is 119 Å². The van der Waals surface area contributed by atoms with Gasteiger partial charge in [0.15, 0.2) is 0 Å². The molecule has 6 aromatic heterocycles. The molecule has 7 nitrogen and oxygen atoms in total. The highest BCUT2D eigenvalue weighted by Gasteiger charge is 2.18. The molecule has 0 fully saturated rings. The summed E-state index contributed by atoms with van der Waals surface area (Å²) < 4.78 is 10.9. The molecular formula is C39H30N6O. The smallest absolute Gasteiger partial charge is 0.146 e. The highest BCUT2D eigenvalue weighted by atomic mass is 16.5. The summed E-state index contributed by atoms with van der Waals surface area (Å²) in [6.45, 7) is 10.6. The predicted molar refractivity (Wildman–Crippen MR) is 185 cm³/mol. The summed E-state index contributed by atoms with van der Waals surface area (Å²) in [5, 5.41) is 4.06. The van der Waals surface area contributed by atoms with Gasteiger partial charge in [-0.15, -0.1) is 0 Å². The standard InChI is InChI=1S/C39H30N6O/c1-21-16-22(2)35(23(3)17-21)32-20-44-33-8-6-14-40-36(33)28-12-10-26(18-30(28)38(44)43-32)46-27-11-13-29-31(19-27)39-42-24(4)25(5)45(39)34-9-7-15-41-37(29)34/h6-20H,1-5H3. The van der Waals surface area contributed by atoms with Crippen LogP contribution in [0.15, 0.2) is 91.4 Å². The molecule has 0 bridgehead atoms. The van der Waals surface area contributed by atoms with Gasteiger partial charge in [0, 0.05) is 51.4 Å².